The maximum Gasteiger partial charge on any atom is 0.228 e. The monoisotopic (exact) mass is 418 g/mol. The zero-order valence-electron chi connectivity index (χ0n) is 17.8. The van der Waals surface area contributed by atoms with Gasteiger partial charge in [0.15, 0.2) is 0 Å². The molecule has 0 aliphatic carbocycles. The van der Waals surface area contributed by atoms with E-state index in [1.54, 1.807) is 0 Å². The van der Waals surface area contributed by atoms with E-state index in [1.165, 1.54) is 10.6 Å². The molecule has 2 aromatic rings. The SMILES string of the molecule is Cc1nn(CC(C)C)c(C)c1CC(=O)Nc1cccc2c1CCN(S(C)(=O)=O)C2. The number of hydrogen-bond acceptors (Lipinski definition) is 4. The van der Waals surface area contributed by atoms with Gasteiger partial charge in [-0.3, -0.25) is 9.48 Å². The summed E-state index contributed by atoms with van der Waals surface area (Å²) in [6.45, 7) is 9.85. The molecule has 1 amide bonds. The number of anilines is 1. The summed E-state index contributed by atoms with van der Waals surface area (Å²) in [5.74, 6) is 0.399. The number of sulfonamides is 1. The number of fused-ring (bicyclic) bond motifs is 1. The van der Waals surface area contributed by atoms with Crippen LogP contribution >= 0.6 is 0 Å². The second kappa shape index (κ2) is 8.28. The van der Waals surface area contributed by atoms with Crippen molar-refractivity contribution in [2.24, 2.45) is 5.92 Å². The highest BCUT2D eigenvalue weighted by Gasteiger charge is 2.25. The van der Waals surface area contributed by atoms with E-state index in [0.29, 0.717) is 25.4 Å². The Hall–Kier alpha value is -2.19. The summed E-state index contributed by atoms with van der Waals surface area (Å²) >= 11 is 0. The number of carbonyl (C=O) groups is 1. The summed E-state index contributed by atoms with van der Waals surface area (Å²) in [6.07, 6.45) is 2.09. The molecule has 2 heterocycles. The highest BCUT2D eigenvalue weighted by Crippen LogP contribution is 2.27. The summed E-state index contributed by atoms with van der Waals surface area (Å²) in [7, 11) is -3.22. The zero-order valence-corrected chi connectivity index (χ0v) is 18.6. The molecule has 0 atom stereocenters. The van der Waals surface area contributed by atoms with Gasteiger partial charge in [-0.2, -0.15) is 9.40 Å². The van der Waals surface area contributed by atoms with E-state index in [4.69, 9.17) is 0 Å². The Bertz CT molecular complexity index is 1020. The van der Waals surface area contributed by atoms with Crippen LogP contribution in [0.4, 0.5) is 5.69 Å². The lowest BCUT2D eigenvalue weighted by atomic mass is 9.99. The minimum absolute atomic E-state index is 0.0840. The van der Waals surface area contributed by atoms with Gasteiger partial charge >= 0.3 is 0 Å². The summed E-state index contributed by atoms with van der Waals surface area (Å²) in [5, 5.41) is 7.62. The molecule has 8 heteroatoms. The van der Waals surface area contributed by atoms with Crippen molar-refractivity contribution in [3.8, 4) is 0 Å². The van der Waals surface area contributed by atoms with Gasteiger partial charge in [0, 0.05) is 36.6 Å². The molecule has 1 aliphatic rings. The minimum Gasteiger partial charge on any atom is -0.326 e. The molecular formula is C21H30N4O3S. The van der Waals surface area contributed by atoms with Crippen molar-refractivity contribution >= 4 is 21.6 Å². The Labute approximate surface area is 173 Å². The van der Waals surface area contributed by atoms with Gasteiger partial charge in [-0.1, -0.05) is 26.0 Å². The molecule has 0 spiro atoms. The standard InChI is InChI=1S/C21H30N4O3S/c1-14(2)12-25-16(4)19(15(3)23-25)11-21(26)22-20-8-6-7-17-13-24(29(5,27)28)10-9-18(17)20/h6-8,14H,9-13H2,1-5H3,(H,22,26). The molecule has 1 aliphatic heterocycles. The van der Waals surface area contributed by atoms with Gasteiger partial charge in [-0.15, -0.1) is 0 Å². The van der Waals surface area contributed by atoms with Crippen molar-refractivity contribution in [3.63, 3.8) is 0 Å². The molecule has 3 rings (SSSR count). The summed E-state index contributed by atoms with van der Waals surface area (Å²) in [4.78, 5) is 12.8. The van der Waals surface area contributed by atoms with Gasteiger partial charge in [0.2, 0.25) is 15.9 Å². The smallest absolute Gasteiger partial charge is 0.228 e. The van der Waals surface area contributed by atoms with E-state index < -0.39 is 10.0 Å². The molecule has 1 N–H and O–H groups in total. The number of aryl methyl sites for hydroxylation is 1. The van der Waals surface area contributed by atoms with Crippen LogP contribution in [0.5, 0.6) is 0 Å². The van der Waals surface area contributed by atoms with Crippen LogP contribution in [0.15, 0.2) is 18.2 Å². The van der Waals surface area contributed by atoms with Crippen molar-refractivity contribution in [2.45, 2.75) is 53.6 Å². The van der Waals surface area contributed by atoms with Crippen molar-refractivity contribution in [1.82, 2.24) is 14.1 Å². The maximum atomic E-state index is 12.8. The van der Waals surface area contributed by atoms with Crippen LogP contribution in [-0.4, -0.2) is 41.2 Å². The average Bonchev–Trinajstić information content (AvgIpc) is 2.87. The molecule has 7 nitrogen and oxygen atoms in total. The molecule has 0 fully saturated rings. The zero-order chi connectivity index (χ0) is 21.3. The Balaban J connectivity index is 1.76. The predicted octanol–water partition coefficient (Wildman–Crippen LogP) is 2.65. The van der Waals surface area contributed by atoms with E-state index in [0.717, 1.165) is 40.3 Å². The lowest BCUT2D eigenvalue weighted by Gasteiger charge is -2.28. The molecular weight excluding hydrogens is 388 g/mol. The molecule has 1 aromatic heterocycles. The van der Waals surface area contributed by atoms with Crippen molar-refractivity contribution in [2.75, 3.05) is 18.1 Å². The number of hydrogen-bond donors (Lipinski definition) is 1. The molecule has 1 aromatic carbocycles. The first-order valence-corrected chi connectivity index (χ1v) is 11.8. The van der Waals surface area contributed by atoms with Crippen LogP contribution in [-0.2, 0) is 40.7 Å². The fourth-order valence-electron chi connectivity index (χ4n) is 3.85. The number of nitrogens with zero attached hydrogens (tertiary/aromatic N) is 3. The van der Waals surface area contributed by atoms with E-state index in [2.05, 4.69) is 24.3 Å². The second-order valence-electron chi connectivity index (χ2n) is 8.24. The molecule has 0 unspecified atom stereocenters. The number of carbonyl (C=O) groups excluding carboxylic acids is 1. The van der Waals surface area contributed by atoms with E-state index in [-0.39, 0.29) is 12.3 Å². The van der Waals surface area contributed by atoms with Crippen molar-refractivity contribution < 1.29 is 13.2 Å². The third kappa shape index (κ3) is 4.87. The fraction of sp³-hybridized carbons (Fsp3) is 0.524. The highest BCUT2D eigenvalue weighted by molar-refractivity contribution is 7.88. The van der Waals surface area contributed by atoms with Crippen LogP contribution in [0.1, 0.15) is 41.9 Å². The number of amides is 1. The number of rotatable bonds is 6. The number of benzene rings is 1. The van der Waals surface area contributed by atoms with Crippen molar-refractivity contribution in [1.29, 1.82) is 0 Å². The Morgan fingerprint density at radius 1 is 1.28 bits per heavy atom. The molecule has 0 bridgehead atoms. The van der Waals surface area contributed by atoms with Gasteiger partial charge in [-0.25, -0.2) is 8.42 Å². The summed E-state index contributed by atoms with van der Waals surface area (Å²) in [6, 6.07) is 5.67. The molecule has 0 radical (unpaired) electrons. The Kier molecular flexibility index (Phi) is 6.14. The topological polar surface area (TPSA) is 84.3 Å². The van der Waals surface area contributed by atoms with Crippen LogP contribution in [0.25, 0.3) is 0 Å². The van der Waals surface area contributed by atoms with Gasteiger partial charge < -0.3 is 5.32 Å². The van der Waals surface area contributed by atoms with Gasteiger partial charge in [-0.05, 0) is 43.4 Å². The second-order valence-corrected chi connectivity index (χ2v) is 10.2. The first kappa shape index (κ1) is 21.5. The van der Waals surface area contributed by atoms with E-state index in [9.17, 15) is 13.2 Å². The summed E-state index contributed by atoms with van der Waals surface area (Å²) in [5.41, 5.74) is 5.62. The average molecular weight is 419 g/mol. The van der Waals surface area contributed by atoms with Crippen molar-refractivity contribution in [3.05, 3.63) is 46.3 Å². The van der Waals surface area contributed by atoms with Crippen LogP contribution < -0.4 is 5.32 Å². The third-order valence-electron chi connectivity index (χ3n) is 5.38. The molecule has 0 saturated heterocycles. The Morgan fingerprint density at radius 2 is 2.00 bits per heavy atom. The first-order valence-electron chi connectivity index (χ1n) is 9.95. The van der Waals surface area contributed by atoms with Gasteiger partial charge in [0.05, 0.1) is 18.4 Å². The van der Waals surface area contributed by atoms with Crippen LogP contribution in [0.3, 0.4) is 0 Å². The quantitative estimate of drug-likeness (QED) is 0.782. The molecule has 29 heavy (non-hydrogen) atoms. The van der Waals surface area contributed by atoms with Crippen LogP contribution in [0.2, 0.25) is 0 Å². The minimum atomic E-state index is -3.22. The molecule has 0 saturated carbocycles. The fourth-order valence-corrected chi connectivity index (χ4v) is 4.65. The third-order valence-corrected chi connectivity index (χ3v) is 6.63. The van der Waals surface area contributed by atoms with Gasteiger partial charge in [0.25, 0.3) is 0 Å². The Morgan fingerprint density at radius 3 is 2.66 bits per heavy atom. The number of aromatic nitrogens is 2. The summed E-state index contributed by atoms with van der Waals surface area (Å²) < 4.78 is 27.1. The normalized spacial score (nSPS) is 14.8. The largest absolute Gasteiger partial charge is 0.326 e. The van der Waals surface area contributed by atoms with E-state index in [1.807, 2.05) is 36.7 Å². The highest BCUT2D eigenvalue weighted by atomic mass is 32.2. The maximum absolute atomic E-state index is 12.8. The lowest BCUT2D eigenvalue weighted by molar-refractivity contribution is -0.115. The van der Waals surface area contributed by atoms with E-state index >= 15 is 0 Å². The van der Waals surface area contributed by atoms with Gasteiger partial charge in [0.1, 0.15) is 0 Å². The number of nitrogens with one attached hydrogen (secondary N) is 1. The lowest BCUT2D eigenvalue weighted by Crippen LogP contribution is -2.35. The predicted molar refractivity (Wildman–Crippen MR) is 114 cm³/mol. The first-order chi connectivity index (χ1) is 13.6. The molecule has 158 valence electrons. The van der Waals surface area contributed by atoms with Crippen LogP contribution in [0, 0.1) is 19.8 Å².